The first-order valence-electron chi connectivity index (χ1n) is 6.25. The van der Waals surface area contributed by atoms with Crippen LogP contribution in [0.4, 0.5) is 0 Å². The number of β-amino-alcohol motifs (C(OH)–C–C–N with tert-alkyl or cyclic N) is 1. The Hall–Kier alpha value is -0.940. The highest BCUT2D eigenvalue weighted by molar-refractivity contribution is 5.14. The summed E-state index contributed by atoms with van der Waals surface area (Å²) in [4.78, 5) is 2.22. The van der Waals surface area contributed by atoms with Crippen molar-refractivity contribution in [1.82, 2.24) is 4.90 Å². The molecule has 1 aromatic carbocycles. The second-order valence-electron chi connectivity index (χ2n) is 4.71. The first kappa shape index (κ1) is 13.5. The third-order valence-electron chi connectivity index (χ3n) is 3.66. The molecule has 0 bridgehead atoms. The molecule has 0 radical (unpaired) electrons. The van der Waals surface area contributed by atoms with Crippen LogP contribution in [0.25, 0.3) is 0 Å². The molecule has 1 aliphatic heterocycles. The summed E-state index contributed by atoms with van der Waals surface area (Å²) in [6, 6.07) is 10.3. The number of nitrogens with zero attached hydrogens (tertiary/aromatic N) is 1. The molecule has 1 aromatic rings. The Kier molecular flexibility index (Phi) is 4.35. The molecule has 18 heavy (non-hydrogen) atoms. The maximum Gasteiger partial charge on any atom is 0.196 e. The van der Waals surface area contributed by atoms with Crippen LogP contribution >= 0.6 is 0 Å². The average Bonchev–Trinajstić information content (AvgIpc) is 2.41. The summed E-state index contributed by atoms with van der Waals surface area (Å²) in [7, 11) is 3.17. The van der Waals surface area contributed by atoms with Crippen LogP contribution < -0.4 is 0 Å². The van der Waals surface area contributed by atoms with Gasteiger partial charge in [0.15, 0.2) is 5.79 Å². The van der Waals surface area contributed by atoms with E-state index in [4.69, 9.17) is 9.47 Å². The van der Waals surface area contributed by atoms with E-state index in [1.807, 2.05) is 18.2 Å². The highest BCUT2D eigenvalue weighted by atomic mass is 16.7. The quantitative estimate of drug-likeness (QED) is 0.818. The maximum absolute atomic E-state index is 10.2. The number of piperidine rings is 1. The first-order valence-corrected chi connectivity index (χ1v) is 6.25. The SMILES string of the molecule is COC1(OC)CCN(Cc2ccccc2)CC1O. The van der Waals surface area contributed by atoms with Crippen molar-refractivity contribution in [3.8, 4) is 0 Å². The first-order chi connectivity index (χ1) is 8.70. The Morgan fingerprint density at radius 2 is 1.94 bits per heavy atom. The number of benzene rings is 1. The molecular weight excluding hydrogens is 230 g/mol. The van der Waals surface area contributed by atoms with Crippen molar-refractivity contribution in [2.75, 3.05) is 27.3 Å². The lowest BCUT2D eigenvalue weighted by molar-refractivity contribution is -0.279. The third kappa shape index (κ3) is 2.72. The van der Waals surface area contributed by atoms with Crippen molar-refractivity contribution in [3.05, 3.63) is 35.9 Å². The molecule has 1 atom stereocenters. The predicted molar refractivity (Wildman–Crippen MR) is 69.1 cm³/mol. The normalized spacial score (nSPS) is 24.1. The minimum atomic E-state index is -0.840. The number of hydrogen-bond acceptors (Lipinski definition) is 4. The van der Waals surface area contributed by atoms with E-state index in [-0.39, 0.29) is 0 Å². The van der Waals surface area contributed by atoms with Gasteiger partial charge in [-0.3, -0.25) is 4.90 Å². The zero-order valence-corrected chi connectivity index (χ0v) is 11.0. The van der Waals surface area contributed by atoms with Crippen LogP contribution in [0, 0.1) is 0 Å². The Bertz CT molecular complexity index is 365. The predicted octanol–water partition coefficient (Wildman–Crippen LogP) is 1.24. The van der Waals surface area contributed by atoms with E-state index in [1.165, 1.54) is 5.56 Å². The lowest BCUT2D eigenvalue weighted by Gasteiger charge is -2.43. The van der Waals surface area contributed by atoms with E-state index in [0.717, 1.165) is 13.1 Å². The average molecular weight is 251 g/mol. The van der Waals surface area contributed by atoms with Gasteiger partial charge in [0.05, 0.1) is 0 Å². The number of aliphatic hydroxyl groups excluding tert-OH is 1. The van der Waals surface area contributed by atoms with Gasteiger partial charge in [-0.15, -0.1) is 0 Å². The molecule has 0 spiro atoms. The molecule has 1 aliphatic rings. The fourth-order valence-electron chi connectivity index (χ4n) is 2.50. The third-order valence-corrected chi connectivity index (χ3v) is 3.66. The second-order valence-corrected chi connectivity index (χ2v) is 4.71. The molecule has 2 rings (SSSR count). The Morgan fingerprint density at radius 1 is 1.28 bits per heavy atom. The van der Waals surface area contributed by atoms with Gasteiger partial charge < -0.3 is 14.6 Å². The van der Waals surface area contributed by atoms with Crippen LogP contribution in [0.3, 0.4) is 0 Å². The van der Waals surface area contributed by atoms with Gasteiger partial charge in [0.2, 0.25) is 0 Å². The highest BCUT2D eigenvalue weighted by Crippen LogP contribution is 2.27. The molecule has 0 saturated carbocycles. The number of ether oxygens (including phenoxy) is 2. The van der Waals surface area contributed by atoms with Crippen LogP contribution in [-0.4, -0.2) is 49.2 Å². The van der Waals surface area contributed by atoms with Gasteiger partial charge in [0, 0.05) is 40.3 Å². The standard InChI is InChI=1S/C14H21NO3/c1-17-14(18-2)8-9-15(11-13(14)16)10-12-6-4-3-5-7-12/h3-7,13,16H,8-11H2,1-2H3. The molecule has 1 saturated heterocycles. The van der Waals surface area contributed by atoms with Gasteiger partial charge in [-0.2, -0.15) is 0 Å². The lowest BCUT2D eigenvalue weighted by Crippen LogP contribution is -2.57. The molecule has 1 heterocycles. The molecule has 0 aromatic heterocycles. The Balaban J connectivity index is 1.96. The lowest BCUT2D eigenvalue weighted by atomic mass is 9.99. The smallest absolute Gasteiger partial charge is 0.196 e. The number of methoxy groups -OCH3 is 2. The van der Waals surface area contributed by atoms with E-state index in [2.05, 4.69) is 17.0 Å². The van der Waals surface area contributed by atoms with Crippen molar-refractivity contribution in [1.29, 1.82) is 0 Å². The minimum Gasteiger partial charge on any atom is -0.386 e. The highest BCUT2D eigenvalue weighted by Gasteiger charge is 2.42. The molecule has 1 N–H and O–H groups in total. The maximum atomic E-state index is 10.2. The van der Waals surface area contributed by atoms with Gasteiger partial charge in [-0.05, 0) is 5.56 Å². The molecule has 4 nitrogen and oxygen atoms in total. The van der Waals surface area contributed by atoms with Gasteiger partial charge in [0.1, 0.15) is 6.10 Å². The number of hydrogen-bond donors (Lipinski definition) is 1. The minimum absolute atomic E-state index is 0.566. The molecule has 1 fully saturated rings. The van der Waals surface area contributed by atoms with Gasteiger partial charge in [-0.25, -0.2) is 0 Å². The van der Waals surface area contributed by atoms with Crippen molar-refractivity contribution in [2.45, 2.75) is 24.9 Å². The summed E-state index contributed by atoms with van der Waals surface area (Å²) in [5.41, 5.74) is 1.26. The van der Waals surface area contributed by atoms with Crippen LogP contribution in [0.15, 0.2) is 30.3 Å². The fraction of sp³-hybridized carbons (Fsp3) is 0.571. The van der Waals surface area contributed by atoms with Crippen LogP contribution in [0.2, 0.25) is 0 Å². The second kappa shape index (κ2) is 5.80. The number of aliphatic hydroxyl groups is 1. The van der Waals surface area contributed by atoms with Crippen LogP contribution in [0.1, 0.15) is 12.0 Å². The molecule has 4 heteroatoms. The largest absolute Gasteiger partial charge is 0.386 e. The van der Waals surface area contributed by atoms with Crippen molar-refractivity contribution < 1.29 is 14.6 Å². The van der Waals surface area contributed by atoms with E-state index in [9.17, 15) is 5.11 Å². The molecular formula is C14H21NO3. The fourth-order valence-corrected chi connectivity index (χ4v) is 2.50. The Morgan fingerprint density at radius 3 is 2.50 bits per heavy atom. The monoisotopic (exact) mass is 251 g/mol. The summed E-state index contributed by atoms with van der Waals surface area (Å²) in [5, 5.41) is 10.2. The molecule has 0 aliphatic carbocycles. The number of likely N-dealkylation sites (tertiary alicyclic amines) is 1. The van der Waals surface area contributed by atoms with Crippen molar-refractivity contribution in [3.63, 3.8) is 0 Å². The van der Waals surface area contributed by atoms with Crippen molar-refractivity contribution in [2.24, 2.45) is 0 Å². The van der Waals surface area contributed by atoms with E-state index >= 15 is 0 Å². The van der Waals surface area contributed by atoms with Crippen LogP contribution in [-0.2, 0) is 16.0 Å². The topological polar surface area (TPSA) is 41.9 Å². The summed E-state index contributed by atoms with van der Waals surface area (Å²) >= 11 is 0. The van der Waals surface area contributed by atoms with Gasteiger partial charge >= 0.3 is 0 Å². The summed E-state index contributed by atoms with van der Waals surface area (Å²) in [6.45, 7) is 2.27. The molecule has 100 valence electrons. The zero-order valence-electron chi connectivity index (χ0n) is 11.0. The Labute approximate surface area is 108 Å². The van der Waals surface area contributed by atoms with Gasteiger partial charge in [0.25, 0.3) is 0 Å². The zero-order chi connectivity index (χ0) is 13.0. The summed E-state index contributed by atoms with van der Waals surface area (Å²) in [5.74, 6) is -0.840. The van der Waals surface area contributed by atoms with Crippen LogP contribution in [0.5, 0.6) is 0 Å². The van der Waals surface area contributed by atoms with Gasteiger partial charge in [-0.1, -0.05) is 30.3 Å². The summed E-state index contributed by atoms with van der Waals surface area (Å²) in [6.07, 6.45) is 0.0542. The summed E-state index contributed by atoms with van der Waals surface area (Å²) < 4.78 is 10.7. The van der Waals surface area contributed by atoms with E-state index < -0.39 is 11.9 Å². The van der Waals surface area contributed by atoms with Crippen molar-refractivity contribution >= 4 is 0 Å². The number of rotatable bonds is 4. The van der Waals surface area contributed by atoms with E-state index in [0.29, 0.717) is 13.0 Å². The molecule has 1 unspecified atom stereocenters. The molecule has 0 amide bonds. The van der Waals surface area contributed by atoms with E-state index in [1.54, 1.807) is 14.2 Å².